The fourth-order valence-corrected chi connectivity index (χ4v) is 9.70. The maximum atomic E-state index is 14.3. The zero-order valence-electron chi connectivity index (χ0n) is 31.9. The molecule has 0 saturated carbocycles. The van der Waals surface area contributed by atoms with Crippen LogP contribution < -0.4 is 5.73 Å². The summed E-state index contributed by atoms with van der Waals surface area (Å²) in [5.74, 6) is -1.60. The van der Waals surface area contributed by atoms with Crippen LogP contribution in [0, 0.1) is 17.5 Å². The number of nitrogens with zero attached hydrogens (tertiary/aromatic N) is 6. The van der Waals surface area contributed by atoms with Crippen molar-refractivity contribution in [3.05, 3.63) is 179 Å². The van der Waals surface area contributed by atoms with E-state index in [1.165, 1.54) is 9.47 Å². The third-order valence-electron chi connectivity index (χ3n) is 12.6. The van der Waals surface area contributed by atoms with Gasteiger partial charge in [0.05, 0.1) is 0 Å². The largest absolute Gasteiger partial charge is 0.384 e. The minimum atomic E-state index is -2.68. The van der Waals surface area contributed by atoms with Crippen molar-refractivity contribution < 1.29 is 10.2 Å². The number of aliphatic hydroxyl groups is 2. The number of hydrogen-bond acceptors (Lipinski definition) is 7. The Morgan fingerprint density at radius 3 is 1.95 bits per heavy atom. The molecule has 0 aliphatic carbocycles. The number of nitrogen functional groups attached to an aromatic ring is 1. The molecule has 282 valence electrons. The summed E-state index contributed by atoms with van der Waals surface area (Å²) in [6.45, 7) is 1.96. The van der Waals surface area contributed by atoms with Crippen molar-refractivity contribution in [2.45, 2.75) is 18.5 Å². The Balaban J connectivity index is 1.17. The Kier molecular flexibility index (Phi) is 6.14. The average molecular weight is 775 g/mol. The molecule has 0 amide bonds. The Hall–Kier alpha value is -7.97. The predicted octanol–water partition coefficient (Wildman–Crippen LogP) is 8.65. The van der Waals surface area contributed by atoms with Crippen LogP contribution in [-0.2, 0) is 11.6 Å². The summed E-state index contributed by atoms with van der Waals surface area (Å²) in [6, 6.07) is 49.5. The van der Waals surface area contributed by atoms with Crippen LogP contribution in [0.5, 0.6) is 0 Å². The van der Waals surface area contributed by atoms with E-state index < -0.39 is 11.6 Å². The first kappa shape index (κ1) is 33.0. The lowest BCUT2D eigenvalue weighted by atomic mass is 9.91. The monoisotopic (exact) mass is 774 g/mol. The summed E-state index contributed by atoms with van der Waals surface area (Å²) in [6.07, 6.45) is 0. The van der Waals surface area contributed by atoms with E-state index in [4.69, 9.17) is 25.7 Å². The van der Waals surface area contributed by atoms with E-state index in [-0.39, 0.29) is 34.7 Å². The highest BCUT2D eigenvalue weighted by atomic mass is 16.4. The first-order valence-corrected chi connectivity index (χ1v) is 19.6. The highest BCUT2D eigenvalue weighted by molar-refractivity contribution is 6.30. The van der Waals surface area contributed by atoms with Crippen LogP contribution in [0.15, 0.2) is 153 Å². The van der Waals surface area contributed by atoms with E-state index in [0.717, 1.165) is 59.9 Å². The van der Waals surface area contributed by atoms with Crippen LogP contribution in [0.25, 0.3) is 53.9 Å². The van der Waals surface area contributed by atoms with Gasteiger partial charge in [-0.1, -0.05) is 84.9 Å². The summed E-state index contributed by atoms with van der Waals surface area (Å²) in [5.41, 5.74) is 9.36. The third-order valence-corrected chi connectivity index (χ3v) is 12.6. The quantitative estimate of drug-likeness (QED) is 0.139. The van der Waals surface area contributed by atoms with Crippen LogP contribution in [0.3, 0.4) is 0 Å². The SMILES string of the molecule is CC1=N/C(=N\c2c3cc4ccccc4cc3c(N)n2[C@]2(O)N3C(=N)c4cc5ccccc5cc4C3=NC3=N[C@@]2(O)c2cc4ccc#cc4cc23)c2cc3ccccc3cc21. The van der Waals surface area contributed by atoms with E-state index in [0.29, 0.717) is 33.3 Å². The molecule has 10 heteroatoms. The van der Waals surface area contributed by atoms with Crippen LogP contribution in [0.2, 0.25) is 0 Å². The summed E-state index contributed by atoms with van der Waals surface area (Å²) in [5, 5.41) is 46.4. The smallest absolute Gasteiger partial charge is 0.289 e. The summed E-state index contributed by atoms with van der Waals surface area (Å²) >= 11 is 0. The molecule has 4 aliphatic heterocycles. The number of aromatic nitrogens is 1. The number of rotatable bonds is 2. The van der Waals surface area contributed by atoms with Crippen LogP contribution in [-0.4, -0.2) is 48.7 Å². The van der Waals surface area contributed by atoms with Gasteiger partial charge in [-0.3, -0.25) is 14.9 Å². The van der Waals surface area contributed by atoms with Crippen molar-refractivity contribution in [2.75, 3.05) is 5.73 Å². The van der Waals surface area contributed by atoms with Crippen molar-refractivity contribution in [1.29, 1.82) is 5.41 Å². The topological polar surface area (TPSA) is 148 Å². The van der Waals surface area contributed by atoms with Gasteiger partial charge in [0.2, 0.25) is 0 Å². The Morgan fingerprint density at radius 1 is 0.667 bits per heavy atom. The maximum absolute atomic E-state index is 14.3. The molecule has 4 aliphatic rings. The van der Waals surface area contributed by atoms with Gasteiger partial charge in [-0.05, 0) is 105 Å². The number of aliphatic imine (C=N–C) groups is 4. The van der Waals surface area contributed by atoms with Gasteiger partial charge in [0, 0.05) is 55.3 Å². The zero-order chi connectivity index (χ0) is 40.2. The highest BCUT2D eigenvalue weighted by Gasteiger charge is 2.66. The van der Waals surface area contributed by atoms with E-state index >= 15 is 0 Å². The second-order valence-electron chi connectivity index (χ2n) is 15.9. The standard InChI is InChI=1S/C50H30N8O2/c1-26-35-18-27-10-2-5-13-30(27)21-38(35)45(53-26)54-47-39-22-31-14-6-3-11-28(31)19-36(39)43(51)57(47)50(60)49(59)42-25-34-17-9-8-16-33(34)24-41(42)46(56-49)55-48-40-23-32-15-7-4-12-29(32)20-37(40)44(52)58(48)50/h2-7,9-15,17-25,52,59-60H,51H2,1H3/b52-44?,54-45-/t49-,50+/m1/s1. The van der Waals surface area contributed by atoms with Crippen molar-refractivity contribution in [3.63, 3.8) is 0 Å². The van der Waals surface area contributed by atoms with Crippen molar-refractivity contribution in [3.8, 4) is 0 Å². The van der Waals surface area contributed by atoms with Crippen molar-refractivity contribution in [2.24, 2.45) is 20.0 Å². The lowest BCUT2D eigenvalue weighted by molar-refractivity contribution is -0.248. The number of nitrogens with two attached hydrogens (primary N) is 1. The molecule has 0 unspecified atom stereocenters. The molecule has 60 heavy (non-hydrogen) atoms. The highest BCUT2D eigenvalue weighted by Crippen LogP contribution is 2.55. The Bertz CT molecular complexity index is 3650. The molecule has 13 rings (SSSR count). The molecule has 0 spiro atoms. The molecule has 1 aromatic heterocycles. The zero-order valence-corrected chi connectivity index (χ0v) is 31.9. The summed E-state index contributed by atoms with van der Waals surface area (Å²) < 4.78 is 1.44. The molecular formula is C50H30N8O2. The van der Waals surface area contributed by atoms with Gasteiger partial charge in [0.15, 0.2) is 11.7 Å². The molecule has 0 radical (unpaired) electrons. The number of amidine groups is 4. The molecule has 2 atom stereocenters. The van der Waals surface area contributed by atoms with Gasteiger partial charge in [-0.15, -0.1) is 0 Å². The minimum Gasteiger partial charge on any atom is -0.384 e. The second-order valence-corrected chi connectivity index (χ2v) is 15.9. The summed E-state index contributed by atoms with van der Waals surface area (Å²) in [7, 11) is 0. The van der Waals surface area contributed by atoms with Crippen LogP contribution in [0.1, 0.15) is 40.3 Å². The first-order chi connectivity index (χ1) is 29.2. The van der Waals surface area contributed by atoms with Gasteiger partial charge in [-0.2, -0.15) is 0 Å². The van der Waals surface area contributed by atoms with E-state index in [1.807, 2.05) is 104 Å². The number of fused-ring (bicyclic) bond motifs is 13. The van der Waals surface area contributed by atoms with E-state index in [9.17, 15) is 15.6 Å². The van der Waals surface area contributed by atoms with Gasteiger partial charge in [0.25, 0.3) is 11.6 Å². The second kappa shape index (κ2) is 11.2. The molecule has 0 fully saturated rings. The molecule has 5 N–H and O–H groups in total. The normalized spacial score (nSPS) is 20.6. The molecule has 10 nitrogen and oxygen atoms in total. The number of hydrogen-bond donors (Lipinski definition) is 4. The molecule has 0 saturated heterocycles. The van der Waals surface area contributed by atoms with Crippen LogP contribution in [0.4, 0.5) is 11.6 Å². The molecule has 5 heterocycles. The Labute approximate surface area is 341 Å². The van der Waals surface area contributed by atoms with Crippen molar-refractivity contribution in [1.82, 2.24) is 9.47 Å². The minimum absolute atomic E-state index is 0.0912. The fraction of sp³-hybridized carbons (Fsp3) is 0.0600. The first-order valence-electron chi connectivity index (χ1n) is 19.6. The number of anilines is 1. The average Bonchev–Trinajstić information content (AvgIpc) is 3.90. The third kappa shape index (κ3) is 4.06. The molecule has 2 bridgehead atoms. The maximum Gasteiger partial charge on any atom is 0.289 e. The van der Waals surface area contributed by atoms with E-state index in [1.54, 1.807) is 12.1 Å². The van der Waals surface area contributed by atoms with Crippen LogP contribution >= 0.6 is 0 Å². The predicted molar refractivity (Wildman–Crippen MR) is 238 cm³/mol. The molecule has 8 aromatic carbocycles. The van der Waals surface area contributed by atoms with Gasteiger partial charge in [-0.25, -0.2) is 20.0 Å². The fourth-order valence-electron chi connectivity index (χ4n) is 9.70. The van der Waals surface area contributed by atoms with Gasteiger partial charge in [0.1, 0.15) is 23.3 Å². The molecule has 9 aromatic rings. The molecular weight excluding hydrogens is 745 g/mol. The summed E-state index contributed by atoms with van der Waals surface area (Å²) in [4.78, 5) is 21.8. The lowest BCUT2D eigenvalue weighted by Gasteiger charge is -2.46. The van der Waals surface area contributed by atoms with Gasteiger partial charge >= 0.3 is 0 Å². The number of nitrogens with one attached hydrogen (secondary N) is 1. The van der Waals surface area contributed by atoms with E-state index in [2.05, 4.69) is 36.4 Å². The lowest BCUT2D eigenvalue weighted by Crippen LogP contribution is -2.64. The Morgan fingerprint density at radius 2 is 1.27 bits per heavy atom. The van der Waals surface area contributed by atoms with Crippen molar-refractivity contribution >= 4 is 94.6 Å². The number of benzene rings is 7. The van der Waals surface area contributed by atoms with Gasteiger partial charge < -0.3 is 15.9 Å².